The molecular weight excluding hydrogens is 167 g/mol. The van der Waals surface area contributed by atoms with Crippen LogP contribution in [0.3, 0.4) is 0 Å². The number of hydrogen-bond donors (Lipinski definition) is 0. The molecule has 0 heterocycles. The molecule has 1 aliphatic rings. The molecule has 0 amide bonds. The third kappa shape index (κ3) is 3.45. The number of halogens is 1. The smallest absolute Gasteiger partial charge is 0.261 e. The van der Waals surface area contributed by atoms with Gasteiger partial charge in [0.2, 0.25) is 0 Å². The zero-order valence-corrected chi connectivity index (χ0v) is 8.39. The molecule has 13 heavy (non-hydrogen) atoms. The highest BCUT2D eigenvalue weighted by Gasteiger charge is 2.23. The van der Waals surface area contributed by atoms with Crippen molar-refractivity contribution in [2.75, 3.05) is 0 Å². The maximum atomic E-state index is 12.0. The van der Waals surface area contributed by atoms with E-state index >= 15 is 0 Å². The highest BCUT2D eigenvalue weighted by molar-refractivity contribution is 5.67. The summed E-state index contributed by atoms with van der Waals surface area (Å²) in [4.78, 5) is 10.2. The van der Waals surface area contributed by atoms with Crippen molar-refractivity contribution in [1.29, 1.82) is 0 Å². The van der Waals surface area contributed by atoms with Gasteiger partial charge in [-0.25, -0.2) is 0 Å². The third-order valence-corrected chi connectivity index (χ3v) is 3.30. The van der Waals surface area contributed by atoms with E-state index in [9.17, 15) is 9.18 Å². The summed E-state index contributed by atoms with van der Waals surface area (Å²) >= 11 is 0. The molecule has 2 heteroatoms. The molecule has 0 spiro atoms. The van der Waals surface area contributed by atoms with Gasteiger partial charge in [0.05, 0.1) is 0 Å². The Kier molecular flexibility index (Phi) is 4.40. The van der Waals surface area contributed by atoms with E-state index in [4.69, 9.17) is 0 Å². The van der Waals surface area contributed by atoms with Crippen LogP contribution >= 0.6 is 0 Å². The first-order valence-electron chi connectivity index (χ1n) is 5.42. The maximum Gasteiger partial charge on any atom is 0.301 e. The minimum absolute atomic E-state index is 0.140. The van der Waals surface area contributed by atoms with Gasteiger partial charge in [0.1, 0.15) is 0 Å². The fourth-order valence-corrected chi connectivity index (χ4v) is 2.50. The lowest BCUT2D eigenvalue weighted by Gasteiger charge is -2.30. The molecule has 0 aromatic carbocycles. The van der Waals surface area contributed by atoms with E-state index in [0.717, 1.165) is 12.3 Å². The lowest BCUT2D eigenvalue weighted by molar-refractivity contribution is -0.129. The maximum absolute atomic E-state index is 12.0. The van der Waals surface area contributed by atoms with E-state index in [1.807, 2.05) is 0 Å². The Morgan fingerprint density at radius 3 is 2.46 bits per heavy atom. The molecule has 0 bridgehead atoms. The average molecular weight is 186 g/mol. The zero-order chi connectivity index (χ0) is 9.68. The minimum atomic E-state index is -1.14. The number of hydrogen-bond acceptors (Lipinski definition) is 1. The quantitative estimate of drug-likeness (QED) is 0.614. The summed E-state index contributed by atoms with van der Waals surface area (Å²) in [5.74, 6) is 1.35. The first-order valence-corrected chi connectivity index (χ1v) is 5.42. The van der Waals surface area contributed by atoms with Crippen LogP contribution in [0.15, 0.2) is 0 Å². The molecule has 76 valence electrons. The van der Waals surface area contributed by atoms with E-state index in [-0.39, 0.29) is 6.42 Å². The van der Waals surface area contributed by atoms with Gasteiger partial charge in [-0.3, -0.25) is 4.79 Å². The van der Waals surface area contributed by atoms with Crippen molar-refractivity contribution >= 4 is 6.04 Å². The van der Waals surface area contributed by atoms with E-state index < -0.39 is 6.04 Å². The van der Waals surface area contributed by atoms with Crippen molar-refractivity contribution in [1.82, 2.24) is 0 Å². The van der Waals surface area contributed by atoms with Crippen LogP contribution in [0.25, 0.3) is 0 Å². The Labute approximate surface area is 79.7 Å². The lowest BCUT2D eigenvalue weighted by atomic mass is 9.76. The van der Waals surface area contributed by atoms with E-state index in [0.29, 0.717) is 5.92 Å². The van der Waals surface area contributed by atoms with Crippen LogP contribution in [0.5, 0.6) is 0 Å². The summed E-state index contributed by atoms with van der Waals surface area (Å²) < 4.78 is 12.0. The van der Waals surface area contributed by atoms with Crippen molar-refractivity contribution in [2.45, 2.75) is 51.9 Å². The summed E-state index contributed by atoms with van der Waals surface area (Å²) in [5.41, 5.74) is 0. The SMILES string of the molecule is CCC1CCCCC1CCC(=O)F. The second-order valence-electron chi connectivity index (χ2n) is 4.11. The predicted molar refractivity (Wildman–Crippen MR) is 51.1 cm³/mol. The molecule has 2 atom stereocenters. The fourth-order valence-electron chi connectivity index (χ4n) is 2.50. The lowest BCUT2D eigenvalue weighted by Crippen LogP contribution is -2.19. The van der Waals surface area contributed by atoms with E-state index in [1.165, 1.54) is 32.1 Å². The van der Waals surface area contributed by atoms with Gasteiger partial charge >= 0.3 is 6.04 Å². The van der Waals surface area contributed by atoms with Crippen molar-refractivity contribution in [2.24, 2.45) is 11.8 Å². The minimum Gasteiger partial charge on any atom is -0.261 e. The number of rotatable bonds is 4. The molecule has 1 rings (SSSR count). The first kappa shape index (κ1) is 10.7. The highest BCUT2D eigenvalue weighted by atomic mass is 19.1. The molecular formula is C11H19FO. The number of carbonyl (C=O) groups is 1. The van der Waals surface area contributed by atoms with Crippen molar-refractivity contribution in [3.05, 3.63) is 0 Å². The van der Waals surface area contributed by atoms with Crippen LogP contribution in [0.2, 0.25) is 0 Å². The van der Waals surface area contributed by atoms with Gasteiger partial charge in [-0.1, -0.05) is 39.0 Å². The van der Waals surface area contributed by atoms with Crippen molar-refractivity contribution < 1.29 is 9.18 Å². The Balaban J connectivity index is 2.31. The van der Waals surface area contributed by atoms with Crippen LogP contribution in [0.1, 0.15) is 51.9 Å². The molecule has 0 aromatic rings. The Morgan fingerprint density at radius 2 is 1.92 bits per heavy atom. The Morgan fingerprint density at radius 1 is 1.31 bits per heavy atom. The summed E-state index contributed by atoms with van der Waals surface area (Å²) in [6.07, 6.45) is 7.16. The largest absolute Gasteiger partial charge is 0.301 e. The third-order valence-electron chi connectivity index (χ3n) is 3.30. The molecule has 1 fully saturated rings. The standard InChI is InChI=1S/C11H19FO/c1-2-9-5-3-4-6-10(9)7-8-11(12)13/h9-10H,2-8H2,1H3. The van der Waals surface area contributed by atoms with Crippen LogP contribution in [-0.2, 0) is 4.79 Å². The van der Waals surface area contributed by atoms with E-state index in [2.05, 4.69) is 6.92 Å². The zero-order valence-electron chi connectivity index (χ0n) is 8.39. The summed E-state index contributed by atoms with van der Waals surface area (Å²) in [6, 6.07) is -1.14. The topological polar surface area (TPSA) is 17.1 Å². The Bertz CT molecular complexity index is 167. The van der Waals surface area contributed by atoms with Gasteiger partial charge < -0.3 is 0 Å². The van der Waals surface area contributed by atoms with Crippen molar-refractivity contribution in [3.63, 3.8) is 0 Å². The van der Waals surface area contributed by atoms with Gasteiger partial charge in [0.25, 0.3) is 0 Å². The fraction of sp³-hybridized carbons (Fsp3) is 0.909. The van der Waals surface area contributed by atoms with Crippen LogP contribution in [-0.4, -0.2) is 6.04 Å². The molecule has 0 radical (unpaired) electrons. The second kappa shape index (κ2) is 5.36. The molecule has 1 aliphatic carbocycles. The summed E-state index contributed by atoms with van der Waals surface area (Å²) in [5, 5.41) is 0. The summed E-state index contributed by atoms with van der Waals surface area (Å²) in [6.45, 7) is 2.19. The van der Waals surface area contributed by atoms with Gasteiger partial charge in [-0.2, -0.15) is 4.39 Å². The molecule has 0 aromatic heterocycles. The molecule has 0 saturated heterocycles. The van der Waals surface area contributed by atoms with Crippen LogP contribution < -0.4 is 0 Å². The molecule has 1 nitrogen and oxygen atoms in total. The van der Waals surface area contributed by atoms with Gasteiger partial charge in [0.15, 0.2) is 0 Å². The second-order valence-corrected chi connectivity index (χ2v) is 4.11. The molecule has 2 unspecified atom stereocenters. The highest BCUT2D eigenvalue weighted by Crippen LogP contribution is 2.35. The molecule has 1 saturated carbocycles. The normalized spacial score (nSPS) is 28.8. The monoisotopic (exact) mass is 186 g/mol. The molecule has 0 N–H and O–H groups in total. The number of carbonyl (C=O) groups excluding carboxylic acids is 1. The van der Waals surface area contributed by atoms with Crippen molar-refractivity contribution in [3.8, 4) is 0 Å². The first-order chi connectivity index (χ1) is 6.24. The average Bonchev–Trinajstić information content (AvgIpc) is 2.15. The molecule has 0 aliphatic heterocycles. The van der Waals surface area contributed by atoms with Crippen LogP contribution in [0.4, 0.5) is 4.39 Å². The predicted octanol–water partition coefficient (Wildman–Crippen LogP) is 3.48. The van der Waals surface area contributed by atoms with Gasteiger partial charge in [-0.15, -0.1) is 0 Å². The summed E-state index contributed by atoms with van der Waals surface area (Å²) in [7, 11) is 0. The van der Waals surface area contributed by atoms with Crippen LogP contribution in [0, 0.1) is 11.8 Å². The van der Waals surface area contributed by atoms with Gasteiger partial charge in [-0.05, 0) is 18.3 Å². The Hall–Kier alpha value is -0.400. The van der Waals surface area contributed by atoms with E-state index in [1.54, 1.807) is 0 Å². The van der Waals surface area contributed by atoms with Gasteiger partial charge in [0, 0.05) is 6.42 Å².